The van der Waals surface area contributed by atoms with Crippen LogP contribution in [0.3, 0.4) is 0 Å². The van der Waals surface area contributed by atoms with E-state index in [4.69, 9.17) is 0 Å². The fourth-order valence-electron chi connectivity index (χ4n) is 2.54. The van der Waals surface area contributed by atoms with E-state index in [0.29, 0.717) is 32.0 Å². The molecule has 0 saturated carbocycles. The smallest absolute Gasteiger partial charge is 0.353 e. The second kappa shape index (κ2) is 6.96. The number of anilines is 3. The van der Waals surface area contributed by atoms with E-state index in [0.717, 1.165) is 18.5 Å². The Bertz CT molecular complexity index is 745. The second-order valence-electron chi connectivity index (χ2n) is 5.57. The van der Waals surface area contributed by atoms with E-state index in [1.54, 1.807) is 17.2 Å². The number of nitrogens with one attached hydrogen (secondary N) is 1. The summed E-state index contributed by atoms with van der Waals surface area (Å²) in [4.78, 5) is 22.8. The Labute approximate surface area is 142 Å². The highest BCUT2D eigenvalue weighted by Gasteiger charge is 2.30. The molecule has 2 heterocycles. The average molecular weight is 351 g/mol. The molecule has 1 fully saturated rings. The molecule has 25 heavy (non-hydrogen) atoms. The van der Waals surface area contributed by atoms with Crippen LogP contribution in [0.15, 0.2) is 36.5 Å². The van der Waals surface area contributed by atoms with Crippen molar-refractivity contribution < 1.29 is 18.0 Å². The van der Waals surface area contributed by atoms with Crippen LogP contribution in [0.25, 0.3) is 0 Å². The number of carbonyl (C=O) groups excluding carboxylic acids is 1. The molecule has 132 valence electrons. The fourth-order valence-corrected chi connectivity index (χ4v) is 2.54. The first-order valence-corrected chi connectivity index (χ1v) is 7.67. The maximum atomic E-state index is 12.8. The lowest BCUT2D eigenvalue weighted by Crippen LogP contribution is -2.46. The third-order valence-electron chi connectivity index (χ3n) is 3.87. The van der Waals surface area contributed by atoms with Gasteiger partial charge in [0.15, 0.2) is 0 Å². The number of halogens is 3. The summed E-state index contributed by atoms with van der Waals surface area (Å²) in [6, 6.07) is 6.60. The van der Waals surface area contributed by atoms with Gasteiger partial charge >= 0.3 is 6.18 Å². The summed E-state index contributed by atoms with van der Waals surface area (Å²) >= 11 is 0. The van der Waals surface area contributed by atoms with Crippen LogP contribution >= 0.6 is 0 Å². The molecule has 0 atom stereocenters. The number of alkyl halides is 3. The molecule has 1 aliphatic heterocycles. The van der Waals surface area contributed by atoms with E-state index < -0.39 is 11.7 Å². The van der Waals surface area contributed by atoms with E-state index in [1.807, 2.05) is 4.90 Å². The van der Waals surface area contributed by atoms with Gasteiger partial charge in [-0.2, -0.15) is 18.2 Å². The van der Waals surface area contributed by atoms with Gasteiger partial charge in [-0.1, -0.05) is 6.07 Å². The Morgan fingerprint density at radius 2 is 1.88 bits per heavy atom. The van der Waals surface area contributed by atoms with Crippen LogP contribution in [-0.4, -0.2) is 47.5 Å². The monoisotopic (exact) mass is 351 g/mol. The van der Waals surface area contributed by atoms with Crippen molar-refractivity contribution in [2.45, 2.75) is 6.18 Å². The first-order valence-electron chi connectivity index (χ1n) is 7.67. The molecule has 9 heteroatoms. The molecule has 0 radical (unpaired) electrons. The largest absolute Gasteiger partial charge is 0.416 e. The molecule has 2 aromatic rings. The van der Waals surface area contributed by atoms with Gasteiger partial charge in [0.25, 0.3) is 0 Å². The minimum absolute atomic E-state index is 0.217. The summed E-state index contributed by atoms with van der Waals surface area (Å²) < 4.78 is 38.3. The third kappa shape index (κ3) is 4.17. The molecule has 6 nitrogen and oxygen atoms in total. The third-order valence-corrected chi connectivity index (χ3v) is 3.87. The standard InChI is InChI=1S/C16H16F3N5O/c17-16(18,19)12-2-1-3-13(10-12)21-15-20-5-4-14(22-15)24-8-6-23(11-25)7-9-24/h1-5,10-11H,6-9H2,(H,20,21,22). The molecular weight excluding hydrogens is 335 g/mol. The van der Waals surface area contributed by atoms with Gasteiger partial charge in [0.1, 0.15) is 5.82 Å². The van der Waals surface area contributed by atoms with Gasteiger partial charge in [-0.15, -0.1) is 0 Å². The Balaban J connectivity index is 1.73. The highest BCUT2D eigenvalue weighted by Crippen LogP contribution is 2.31. The normalized spacial score (nSPS) is 15.2. The van der Waals surface area contributed by atoms with E-state index >= 15 is 0 Å². The highest BCUT2D eigenvalue weighted by atomic mass is 19.4. The molecule has 0 aliphatic carbocycles. The van der Waals surface area contributed by atoms with Crippen molar-refractivity contribution in [3.8, 4) is 0 Å². The number of benzene rings is 1. The zero-order valence-corrected chi connectivity index (χ0v) is 13.2. The van der Waals surface area contributed by atoms with Crippen molar-refractivity contribution in [3.63, 3.8) is 0 Å². The summed E-state index contributed by atoms with van der Waals surface area (Å²) in [6.45, 7) is 2.48. The molecule has 1 N–H and O–H groups in total. The summed E-state index contributed by atoms with van der Waals surface area (Å²) in [5, 5.41) is 2.80. The number of nitrogens with zero attached hydrogens (tertiary/aromatic N) is 4. The van der Waals surface area contributed by atoms with Crippen molar-refractivity contribution in [3.05, 3.63) is 42.1 Å². The molecule has 0 bridgehead atoms. The van der Waals surface area contributed by atoms with Crippen molar-refractivity contribution in [2.24, 2.45) is 0 Å². The number of hydrogen-bond acceptors (Lipinski definition) is 5. The maximum absolute atomic E-state index is 12.8. The Hall–Kier alpha value is -2.84. The molecule has 3 rings (SSSR count). The highest BCUT2D eigenvalue weighted by molar-refractivity contribution is 5.56. The van der Waals surface area contributed by atoms with Crippen molar-refractivity contribution in [1.82, 2.24) is 14.9 Å². The lowest BCUT2D eigenvalue weighted by atomic mass is 10.2. The second-order valence-corrected chi connectivity index (χ2v) is 5.57. The summed E-state index contributed by atoms with van der Waals surface area (Å²) in [6.07, 6.45) is -2.04. The minimum atomic E-state index is -4.40. The predicted octanol–water partition coefficient (Wildman–Crippen LogP) is 2.52. The van der Waals surface area contributed by atoms with Crippen LogP contribution in [0.4, 0.5) is 30.6 Å². The molecule has 0 spiro atoms. The molecule has 1 amide bonds. The maximum Gasteiger partial charge on any atom is 0.416 e. The lowest BCUT2D eigenvalue weighted by molar-refractivity contribution is -0.137. The quantitative estimate of drug-likeness (QED) is 0.858. The first kappa shape index (κ1) is 17.0. The first-order chi connectivity index (χ1) is 12.0. The van der Waals surface area contributed by atoms with Crippen molar-refractivity contribution in [2.75, 3.05) is 36.4 Å². The minimum Gasteiger partial charge on any atom is -0.353 e. The number of aromatic nitrogens is 2. The number of amides is 1. The number of rotatable bonds is 4. The zero-order valence-electron chi connectivity index (χ0n) is 13.2. The van der Waals surface area contributed by atoms with Crippen LogP contribution in [0.5, 0.6) is 0 Å². The van der Waals surface area contributed by atoms with E-state index in [9.17, 15) is 18.0 Å². The van der Waals surface area contributed by atoms with Gasteiger partial charge < -0.3 is 15.1 Å². The topological polar surface area (TPSA) is 61.4 Å². The van der Waals surface area contributed by atoms with Gasteiger partial charge in [-0.3, -0.25) is 4.79 Å². The van der Waals surface area contributed by atoms with Crippen LogP contribution in [0, 0.1) is 0 Å². The predicted molar refractivity (Wildman–Crippen MR) is 86.6 cm³/mol. The summed E-state index contributed by atoms with van der Waals surface area (Å²) in [5.74, 6) is 0.879. The van der Waals surface area contributed by atoms with Crippen LogP contribution in [0.1, 0.15) is 5.56 Å². The molecule has 0 unspecified atom stereocenters. The zero-order chi connectivity index (χ0) is 17.9. The Morgan fingerprint density at radius 1 is 1.12 bits per heavy atom. The van der Waals surface area contributed by atoms with Crippen LogP contribution in [0.2, 0.25) is 0 Å². The molecule has 1 aromatic carbocycles. The molecular formula is C16H16F3N5O. The molecule has 1 saturated heterocycles. The number of piperazine rings is 1. The Kier molecular flexibility index (Phi) is 4.73. The van der Waals surface area contributed by atoms with Crippen LogP contribution in [-0.2, 0) is 11.0 Å². The van der Waals surface area contributed by atoms with Gasteiger partial charge in [-0.25, -0.2) is 4.98 Å². The summed E-state index contributed by atoms with van der Waals surface area (Å²) in [7, 11) is 0. The Morgan fingerprint density at radius 3 is 2.56 bits per heavy atom. The SMILES string of the molecule is O=CN1CCN(c2ccnc(Nc3cccc(C(F)(F)F)c3)n2)CC1. The van der Waals surface area contributed by atoms with Crippen molar-refractivity contribution >= 4 is 23.9 Å². The van der Waals surface area contributed by atoms with Gasteiger partial charge in [0.2, 0.25) is 12.4 Å². The molecule has 1 aliphatic rings. The number of hydrogen-bond donors (Lipinski definition) is 1. The molecule has 1 aromatic heterocycles. The summed E-state index contributed by atoms with van der Waals surface area (Å²) in [5.41, 5.74) is -0.476. The van der Waals surface area contributed by atoms with Gasteiger partial charge in [-0.05, 0) is 24.3 Å². The van der Waals surface area contributed by atoms with Crippen molar-refractivity contribution in [1.29, 1.82) is 0 Å². The fraction of sp³-hybridized carbons (Fsp3) is 0.312. The van der Waals surface area contributed by atoms with E-state index in [1.165, 1.54) is 12.1 Å². The van der Waals surface area contributed by atoms with E-state index in [2.05, 4.69) is 15.3 Å². The van der Waals surface area contributed by atoms with Crippen LogP contribution < -0.4 is 10.2 Å². The van der Waals surface area contributed by atoms with Gasteiger partial charge in [0.05, 0.1) is 5.56 Å². The van der Waals surface area contributed by atoms with Gasteiger partial charge in [0, 0.05) is 38.1 Å². The average Bonchev–Trinajstić information content (AvgIpc) is 2.61. The van der Waals surface area contributed by atoms with E-state index in [-0.39, 0.29) is 11.6 Å². The lowest BCUT2D eigenvalue weighted by Gasteiger charge is -2.33. The number of carbonyl (C=O) groups is 1.